The summed E-state index contributed by atoms with van der Waals surface area (Å²) in [5, 5.41) is 14.1. The second-order valence-electron chi connectivity index (χ2n) is 5.14. The molecule has 1 aromatic carbocycles. The Morgan fingerprint density at radius 1 is 1.35 bits per heavy atom. The number of hydrogen-bond acceptors (Lipinski definition) is 5. The van der Waals surface area contributed by atoms with Gasteiger partial charge in [0.2, 0.25) is 0 Å². The number of amides is 1. The highest BCUT2D eigenvalue weighted by Crippen LogP contribution is 2.29. The Labute approximate surface area is 142 Å². The smallest absolute Gasteiger partial charge is 0.263 e. The monoisotopic (exact) mass is 346 g/mol. The molecule has 1 fully saturated rings. The Balaban J connectivity index is 1.88. The second kappa shape index (κ2) is 6.29. The van der Waals surface area contributed by atoms with Crippen molar-refractivity contribution in [2.24, 2.45) is 0 Å². The number of quaternary nitrogens is 1. The molecule has 3 rings (SSSR count). The largest absolute Gasteiger partial charge is 0.629 e. The summed E-state index contributed by atoms with van der Waals surface area (Å²) in [5.74, 6) is 1.05. The van der Waals surface area contributed by atoms with E-state index >= 15 is 0 Å². The molecule has 0 spiro atoms. The first-order valence-electron chi connectivity index (χ1n) is 6.90. The number of aryl methyl sites for hydroxylation is 1. The second-order valence-corrected chi connectivity index (χ2v) is 6.86. The van der Waals surface area contributed by atoms with E-state index in [9.17, 15) is 10.0 Å². The van der Waals surface area contributed by atoms with E-state index in [1.165, 1.54) is 11.8 Å². The number of thioether (sulfide) groups is 1. The Hall–Kier alpha value is -1.93. The highest BCUT2D eigenvalue weighted by Gasteiger charge is 2.22. The molecule has 1 aliphatic rings. The number of hydrogen-bond donors (Lipinski definition) is 2. The number of nitrogens with one attached hydrogen (secondary N) is 2. The third kappa shape index (κ3) is 3.37. The highest BCUT2D eigenvalue weighted by molar-refractivity contribution is 8.26. The number of benzene rings is 1. The average molecular weight is 346 g/mol. The maximum atomic E-state index is 11.7. The molecule has 1 aromatic heterocycles. The Morgan fingerprint density at radius 2 is 2.13 bits per heavy atom. The van der Waals surface area contributed by atoms with Gasteiger partial charge in [-0.3, -0.25) is 4.79 Å². The normalized spacial score (nSPS) is 17.6. The van der Waals surface area contributed by atoms with Crippen LogP contribution in [0.25, 0.3) is 17.4 Å². The van der Waals surface area contributed by atoms with Crippen molar-refractivity contribution in [3.8, 4) is 11.3 Å². The van der Waals surface area contributed by atoms with Crippen LogP contribution in [0.2, 0.25) is 0 Å². The third-order valence-electron chi connectivity index (χ3n) is 3.43. The van der Waals surface area contributed by atoms with Crippen LogP contribution in [0.3, 0.4) is 0 Å². The lowest BCUT2D eigenvalue weighted by atomic mass is 10.1. The van der Waals surface area contributed by atoms with E-state index in [2.05, 4.69) is 5.32 Å². The van der Waals surface area contributed by atoms with Gasteiger partial charge in [0.1, 0.15) is 21.5 Å². The van der Waals surface area contributed by atoms with Crippen LogP contribution in [0.4, 0.5) is 5.69 Å². The van der Waals surface area contributed by atoms with Crippen molar-refractivity contribution in [2.75, 3.05) is 7.05 Å². The fourth-order valence-electron chi connectivity index (χ4n) is 2.35. The van der Waals surface area contributed by atoms with Crippen molar-refractivity contribution in [1.29, 1.82) is 0 Å². The Morgan fingerprint density at radius 3 is 2.74 bits per heavy atom. The van der Waals surface area contributed by atoms with Crippen molar-refractivity contribution in [2.45, 2.75) is 6.92 Å². The summed E-state index contributed by atoms with van der Waals surface area (Å²) >= 11 is 6.17. The topological polar surface area (TPSA) is 69.7 Å². The molecule has 1 aliphatic heterocycles. The molecule has 1 atom stereocenters. The van der Waals surface area contributed by atoms with Crippen molar-refractivity contribution in [1.82, 2.24) is 5.32 Å². The van der Waals surface area contributed by atoms with Gasteiger partial charge in [-0.1, -0.05) is 24.0 Å². The van der Waals surface area contributed by atoms with E-state index in [0.717, 1.165) is 11.1 Å². The van der Waals surface area contributed by atoms with E-state index in [1.54, 1.807) is 25.3 Å². The number of thiocarbonyl (C=S) groups is 1. The number of furan rings is 1. The summed E-state index contributed by atoms with van der Waals surface area (Å²) < 4.78 is 6.22. The minimum atomic E-state index is -0.209. The van der Waals surface area contributed by atoms with Crippen molar-refractivity contribution >= 4 is 46.0 Å². The van der Waals surface area contributed by atoms with Gasteiger partial charge in [0.05, 0.1) is 12.0 Å². The summed E-state index contributed by atoms with van der Waals surface area (Å²) in [4.78, 5) is 12.2. The van der Waals surface area contributed by atoms with Crippen molar-refractivity contribution in [3.63, 3.8) is 0 Å². The third-order valence-corrected chi connectivity index (χ3v) is 4.60. The minimum Gasteiger partial charge on any atom is -0.629 e. The summed E-state index contributed by atoms with van der Waals surface area (Å²) in [7, 11) is 1.55. The van der Waals surface area contributed by atoms with E-state index in [0.29, 0.717) is 26.4 Å². The molecule has 1 amide bonds. The van der Waals surface area contributed by atoms with E-state index in [4.69, 9.17) is 16.6 Å². The summed E-state index contributed by atoms with van der Waals surface area (Å²) in [6.07, 6.45) is 1.67. The molecule has 0 radical (unpaired) electrons. The van der Waals surface area contributed by atoms with Crippen LogP contribution in [0.5, 0.6) is 0 Å². The van der Waals surface area contributed by atoms with Gasteiger partial charge in [-0.05, 0) is 31.2 Å². The highest BCUT2D eigenvalue weighted by atomic mass is 32.2. The molecule has 118 valence electrons. The zero-order chi connectivity index (χ0) is 16.6. The van der Waals surface area contributed by atoms with Crippen molar-refractivity contribution < 1.29 is 14.3 Å². The molecular weight excluding hydrogens is 332 g/mol. The Bertz CT molecular complexity index is 824. The molecule has 0 saturated carbocycles. The molecule has 1 saturated heterocycles. The lowest BCUT2D eigenvalue weighted by molar-refractivity contribution is -0.751. The fraction of sp³-hybridized carbons (Fsp3) is 0.125. The van der Waals surface area contributed by atoms with Gasteiger partial charge < -0.3 is 20.0 Å². The predicted molar refractivity (Wildman–Crippen MR) is 95.1 cm³/mol. The lowest BCUT2D eigenvalue weighted by Crippen LogP contribution is -2.98. The van der Waals surface area contributed by atoms with Gasteiger partial charge >= 0.3 is 0 Å². The fourth-order valence-corrected chi connectivity index (χ4v) is 3.37. The molecule has 7 heteroatoms. The molecule has 5 nitrogen and oxygen atoms in total. The van der Waals surface area contributed by atoms with Crippen LogP contribution >= 0.6 is 24.0 Å². The first-order valence-corrected chi connectivity index (χ1v) is 8.13. The molecule has 2 N–H and O–H groups in total. The van der Waals surface area contributed by atoms with Crippen LogP contribution in [0.1, 0.15) is 11.3 Å². The minimum absolute atomic E-state index is 0.0409. The first-order chi connectivity index (χ1) is 10.9. The van der Waals surface area contributed by atoms with Gasteiger partial charge in [-0.2, -0.15) is 0 Å². The molecule has 1 unspecified atom stereocenters. The van der Waals surface area contributed by atoms with E-state index in [1.807, 2.05) is 25.1 Å². The van der Waals surface area contributed by atoms with Crippen LogP contribution < -0.4 is 10.4 Å². The molecule has 2 heterocycles. The molecular formula is C16H14N2O3S2. The standard InChI is InChI=1S/C16H14N2O3S2/c1-9-7-10(3-5-12(9)18(2)20)13-6-4-11(21-13)8-14-15(19)17-16(22)23-14/h3-8,18H,1-2H3,(H,17,19,22)/b14-8-. The van der Waals surface area contributed by atoms with Gasteiger partial charge in [0, 0.05) is 23.3 Å². The van der Waals surface area contributed by atoms with Crippen molar-refractivity contribution in [3.05, 3.63) is 51.8 Å². The van der Waals surface area contributed by atoms with Crippen LogP contribution in [0.15, 0.2) is 39.7 Å². The summed E-state index contributed by atoms with van der Waals surface area (Å²) in [6.45, 7) is 1.90. The molecule has 23 heavy (non-hydrogen) atoms. The van der Waals surface area contributed by atoms with E-state index < -0.39 is 0 Å². The first kappa shape index (κ1) is 15.9. The number of carbonyl (C=O) groups is 1. The number of hydroxylamine groups is 1. The quantitative estimate of drug-likeness (QED) is 0.507. The lowest BCUT2D eigenvalue weighted by Gasteiger charge is -2.17. The maximum absolute atomic E-state index is 11.7. The number of carbonyl (C=O) groups excluding carboxylic acids is 1. The molecule has 0 bridgehead atoms. The zero-order valence-corrected chi connectivity index (χ0v) is 14.1. The van der Waals surface area contributed by atoms with Gasteiger partial charge in [0.25, 0.3) is 5.91 Å². The molecule has 0 aliphatic carbocycles. The SMILES string of the molecule is Cc1cc(-c2ccc(/C=C3\SC(=S)NC3=O)o2)ccc1[NH+](C)[O-]. The number of rotatable bonds is 3. The molecule has 2 aromatic rings. The van der Waals surface area contributed by atoms with Gasteiger partial charge in [-0.15, -0.1) is 0 Å². The predicted octanol–water partition coefficient (Wildman–Crippen LogP) is 2.39. The van der Waals surface area contributed by atoms with E-state index in [-0.39, 0.29) is 11.0 Å². The van der Waals surface area contributed by atoms with Gasteiger partial charge in [-0.25, -0.2) is 0 Å². The van der Waals surface area contributed by atoms with Crippen LogP contribution in [-0.2, 0) is 4.79 Å². The zero-order valence-electron chi connectivity index (χ0n) is 12.5. The maximum Gasteiger partial charge on any atom is 0.263 e. The average Bonchev–Trinajstić information content (AvgIpc) is 3.06. The van der Waals surface area contributed by atoms with Gasteiger partial charge in [0.15, 0.2) is 0 Å². The van der Waals surface area contributed by atoms with Crippen LogP contribution in [0, 0.1) is 12.1 Å². The summed E-state index contributed by atoms with van der Waals surface area (Å²) in [5.41, 5.74) is 2.49. The van der Waals surface area contributed by atoms with Crippen LogP contribution in [-0.4, -0.2) is 17.3 Å². The Kier molecular flexibility index (Phi) is 4.36. The summed E-state index contributed by atoms with van der Waals surface area (Å²) in [6, 6.07) is 9.20.